The molecule has 1 aromatic heterocycles. The number of aryl methyl sites for hydroxylation is 2. The summed E-state index contributed by atoms with van der Waals surface area (Å²) < 4.78 is 5.51. The fourth-order valence-electron chi connectivity index (χ4n) is 2.16. The van der Waals surface area contributed by atoms with Gasteiger partial charge in [0.1, 0.15) is 5.69 Å². The van der Waals surface area contributed by atoms with Crippen LogP contribution in [0.5, 0.6) is 0 Å². The Labute approximate surface area is 164 Å². The molecule has 0 saturated carbocycles. The van der Waals surface area contributed by atoms with Crippen LogP contribution in [0.1, 0.15) is 23.7 Å². The van der Waals surface area contributed by atoms with E-state index in [4.69, 9.17) is 4.74 Å². The van der Waals surface area contributed by atoms with E-state index in [-0.39, 0.29) is 35.4 Å². The van der Waals surface area contributed by atoms with Gasteiger partial charge in [-0.05, 0) is 38.0 Å². The van der Waals surface area contributed by atoms with Crippen LogP contribution in [0.3, 0.4) is 0 Å². The molecule has 0 radical (unpaired) electrons. The monoisotopic (exact) mass is 409 g/mol. The van der Waals surface area contributed by atoms with Crippen molar-refractivity contribution in [2.45, 2.75) is 31.5 Å². The number of nitro benzene ring substituents is 1. The van der Waals surface area contributed by atoms with Gasteiger partial charge in [-0.15, -0.1) is 11.3 Å². The number of thioether (sulfide) groups is 1. The molecule has 0 bridgehead atoms. The third kappa shape index (κ3) is 6.04. The number of nitrogens with zero attached hydrogens (tertiary/aromatic N) is 2. The number of hydrogen-bond acceptors (Lipinski definition) is 8. The molecule has 1 aromatic carbocycles. The van der Waals surface area contributed by atoms with Crippen molar-refractivity contribution in [2.24, 2.45) is 0 Å². The summed E-state index contributed by atoms with van der Waals surface area (Å²) in [4.78, 5) is 38.6. The van der Waals surface area contributed by atoms with E-state index in [1.165, 1.54) is 29.2 Å². The van der Waals surface area contributed by atoms with Crippen molar-refractivity contribution in [3.8, 4) is 0 Å². The smallest absolute Gasteiger partial charge is 0.311 e. The first kappa shape index (κ1) is 20.8. The van der Waals surface area contributed by atoms with Gasteiger partial charge in [0, 0.05) is 11.4 Å². The first-order valence-corrected chi connectivity index (χ1v) is 9.95. The second kappa shape index (κ2) is 9.47. The predicted octanol–water partition coefficient (Wildman–Crippen LogP) is 3.50. The number of anilines is 1. The number of benzene rings is 1. The SMILES string of the molecule is CCOC(=O)Cc1csc(SCC(=O)Nc2cc(C)c(C)cc2[N+](=O)[O-])n1. The number of nitrogens with one attached hydrogen (secondary N) is 1. The lowest BCUT2D eigenvalue weighted by Gasteiger charge is -2.08. The van der Waals surface area contributed by atoms with Crippen molar-refractivity contribution >= 4 is 46.3 Å². The predicted molar refractivity (Wildman–Crippen MR) is 104 cm³/mol. The van der Waals surface area contributed by atoms with Crippen LogP contribution in [-0.2, 0) is 20.7 Å². The molecule has 27 heavy (non-hydrogen) atoms. The number of rotatable bonds is 8. The Morgan fingerprint density at radius 1 is 1.33 bits per heavy atom. The highest BCUT2D eigenvalue weighted by Crippen LogP contribution is 2.29. The number of carbonyl (C=O) groups excluding carboxylic acids is 2. The molecule has 0 saturated heterocycles. The maximum absolute atomic E-state index is 12.2. The molecule has 0 atom stereocenters. The van der Waals surface area contributed by atoms with E-state index >= 15 is 0 Å². The molecule has 1 N–H and O–H groups in total. The van der Waals surface area contributed by atoms with Crippen LogP contribution in [-0.4, -0.2) is 34.1 Å². The van der Waals surface area contributed by atoms with Crippen LogP contribution in [0.15, 0.2) is 21.9 Å². The van der Waals surface area contributed by atoms with Crippen molar-refractivity contribution in [1.82, 2.24) is 4.98 Å². The number of aromatic nitrogens is 1. The van der Waals surface area contributed by atoms with Crippen molar-refractivity contribution in [3.63, 3.8) is 0 Å². The molecule has 1 amide bonds. The maximum Gasteiger partial charge on any atom is 0.311 e. The summed E-state index contributed by atoms with van der Waals surface area (Å²) in [5.74, 6) is -0.663. The Kier molecular flexibility index (Phi) is 7.31. The van der Waals surface area contributed by atoms with Gasteiger partial charge in [-0.3, -0.25) is 19.7 Å². The molecule has 0 unspecified atom stereocenters. The highest BCUT2D eigenvalue weighted by Gasteiger charge is 2.18. The maximum atomic E-state index is 12.2. The number of nitro groups is 1. The highest BCUT2D eigenvalue weighted by atomic mass is 32.2. The minimum absolute atomic E-state index is 0.0520. The van der Waals surface area contributed by atoms with Crippen LogP contribution in [0, 0.1) is 24.0 Å². The number of ether oxygens (including phenoxy) is 1. The van der Waals surface area contributed by atoms with Crippen LogP contribution in [0.25, 0.3) is 0 Å². The molecule has 1 heterocycles. The zero-order valence-electron chi connectivity index (χ0n) is 15.1. The molecule has 8 nitrogen and oxygen atoms in total. The molecule has 10 heteroatoms. The fourth-order valence-corrected chi connectivity index (χ4v) is 3.81. The first-order chi connectivity index (χ1) is 12.8. The first-order valence-electron chi connectivity index (χ1n) is 8.08. The molecule has 0 aliphatic heterocycles. The van der Waals surface area contributed by atoms with E-state index in [0.29, 0.717) is 16.6 Å². The molecular formula is C17H19N3O5S2. The fraction of sp³-hybridized carbons (Fsp3) is 0.353. The van der Waals surface area contributed by atoms with Gasteiger partial charge in [0.25, 0.3) is 5.69 Å². The van der Waals surface area contributed by atoms with Gasteiger partial charge in [0.05, 0.1) is 29.4 Å². The van der Waals surface area contributed by atoms with Gasteiger partial charge in [-0.2, -0.15) is 0 Å². The molecule has 2 rings (SSSR count). The minimum Gasteiger partial charge on any atom is -0.466 e. The van der Waals surface area contributed by atoms with Crippen molar-refractivity contribution < 1.29 is 19.2 Å². The summed E-state index contributed by atoms with van der Waals surface area (Å²) in [6.07, 6.45) is 0.0892. The minimum atomic E-state index is -0.516. The average Bonchev–Trinajstić information content (AvgIpc) is 3.03. The zero-order chi connectivity index (χ0) is 20.0. The summed E-state index contributed by atoms with van der Waals surface area (Å²) in [6.45, 7) is 5.65. The number of thiazole rings is 1. The average molecular weight is 409 g/mol. The van der Waals surface area contributed by atoms with Gasteiger partial charge >= 0.3 is 5.97 Å². The van der Waals surface area contributed by atoms with Crippen LogP contribution in [0.2, 0.25) is 0 Å². The lowest BCUT2D eigenvalue weighted by molar-refractivity contribution is -0.384. The zero-order valence-corrected chi connectivity index (χ0v) is 16.7. The lowest BCUT2D eigenvalue weighted by Crippen LogP contribution is -2.15. The van der Waals surface area contributed by atoms with Gasteiger partial charge in [0.15, 0.2) is 4.34 Å². The summed E-state index contributed by atoms with van der Waals surface area (Å²) >= 11 is 2.53. The third-order valence-electron chi connectivity index (χ3n) is 3.57. The number of hydrogen-bond donors (Lipinski definition) is 1. The molecule has 144 valence electrons. The summed E-state index contributed by atoms with van der Waals surface area (Å²) in [5.41, 5.74) is 2.27. The van der Waals surface area contributed by atoms with Crippen LogP contribution < -0.4 is 5.32 Å². The van der Waals surface area contributed by atoms with E-state index in [0.717, 1.165) is 11.1 Å². The molecule has 2 aromatic rings. The summed E-state index contributed by atoms with van der Waals surface area (Å²) in [6, 6.07) is 3.04. The largest absolute Gasteiger partial charge is 0.466 e. The van der Waals surface area contributed by atoms with E-state index in [1.807, 2.05) is 6.92 Å². The third-order valence-corrected chi connectivity index (χ3v) is 5.64. The molecule has 0 spiro atoms. The lowest BCUT2D eigenvalue weighted by atomic mass is 10.1. The van der Waals surface area contributed by atoms with E-state index in [9.17, 15) is 19.7 Å². The Hall–Kier alpha value is -2.46. The second-order valence-corrected chi connectivity index (χ2v) is 7.71. The Balaban J connectivity index is 1.95. The Bertz CT molecular complexity index is 866. The van der Waals surface area contributed by atoms with E-state index in [2.05, 4.69) is 10.3 Å². The van der Waals surface area contributed by atoms with Crippen molar-refractivity contribution in [1.29, 1.82) is 0 Å². The summed E-state index contributed by atoms with van der Waals surface area (Å²) in [5, 5.41) is 15.5. The Morgan fingerprint density at radius 3 is 2.70 bits per heavy atom. The highest BCUT2D eigenvalue weighted by molar-refractivity contribution is 8.01. The van der Waals surface area contributed by atoms with E-state index in [1.54, 1.807) is 25.3 Å². The summed E-state index contributed by atoms with van der Waals surface area (Å²) in [7, 11) is 0. The number of carbonyl (C=O) groups is 2. The number of amides is 1. The molecule has 0 aliphatic rings. The van der Waals surface area contributed by atoms with Crippen molar-refractivity contribution in [2.75, 3.05) is 17.7 Å². The number of esters is 1. The molecule has 0 aliphatic carbocycles. The Morgan fingerprint density at radius 2 is 2.04 bits per heavy atom. The normalized spacial score (nSPS) is 10.5. The topological polar surface area (TPSA) is 111 Å². The van der Waals surface area contributed by atoms with E-state index < -0.39 is 4.92 Å². The van der Waals surface area contributed by atoms with Crippen molar-refractivity contribution in [3.05, 3.63) is 44.4 Å². The standard InChI is InChI=1S/C17H19N3O5S2/c1-4-25-16(22)7-12-8-26-17(18-12)27-9-15(21)19-13-5-10(2)11(3)6-14(13)20(23)24/h5-6,8H,4,7,9H2,1-3H3,(H,19,21). The van der Waals surface area contributed by atoms with Gasteiger partial charge in [-0.1, -0.05) is 11.8 Å². The van der Waals surface area contributed by atoms with Gasteiger partial charge < -0.3 is 10.1 Å². The van der Waals surface area contributed by atoms with Gasteiger partial charge in [0.2, 0.25) is 5.91 Å². The second-order valence-electron chi connectivity index (χ2n) is 5.63. The quantitative estimate of drug-likeness (QED) is 0.307. The molecular weight excluding hydrogens is 390 g/mol. The van der Waals surface area contributed by atoms with Gasteiger partial charge in [-0.25, -0.2) is 4.98 Å². The van der Waals surface area contributed by atoms with Crippen LogP contribution >= 0.6 is 23.1 Å². The molecule has 0 fully saturated rings. The van der Waals surface area contributed by atoms with Crippen LogP contribution in [0.4, 0.5) is 11.4 Å².